The molecular weight excluding hydrogens is 516 g/mol. The van der Waals surface area contributed by atoms with Crippen molar-refractivity contribution in [2.24, 2.45) is 0 Å². The lowest BCUT2D eigenvalue weighted by Crippen LogP contribution is -2.30. The minimum atomic E-state index is -0.128. The van der Waals surface area contributed by atoms with E-state index in [9.17, 15) is 9.59 Å². The smallest absolute Gasteiger partial charge is 0.228 e. The predicted molar refractivity (Wildman–Crippen MR) is 165 cm³/mol. The summed E-state index contributed by atoms with van der Waals surface area (Å²) in [6.45, 7) is 5.12. The molecule has 0 atom stereocenters. The zero-order valence-corrected chi connectivity index (χ0v) is 25.3. The molecule has 1 heterocycles. The molecule has 0 aliphatic heterocycles. The fourth-order valence-electron chi connectivity index (χ4n) is 4.98. The molecule has 0 radical (unpaired) electrons. The number of benzene rings is 2. The van der Waals surface area contributed by atoms with Gasteiger partial charge in [0.15, 0.2) is 18.5 Å². The number of nitrogens with one attached hydrogen (secondary N) is 1. The first-order chi connectivity index (χ1) is 19.6. The van der Waals surface area contributed by atoms with Gasteiger partial charge >= 0.3 is 0 Å². The number of nitrogens with zero attached hydrogens (tertiary/aromatic N) is 1. The van der Waals surface area contributed by atoms with Crippen LogP contribution in [0.15, 0.2) is 59.6 Å². The van der Waals surface area contributed by atoms with Crippen molar-refractivity contribution in [3.63, 3.8) is 0 Å². The number of unbranched alkanes of at least 4 members (excludes halogenated alkanes) is 11. The second-order valence-electron chi connectivity index (χ2n) is 10.7. The minimum Gasteiger partial charge on any atom is -0.493 e. The normalized spacial score (nSPS) is 10.9. The third kappa shape index (κ3) is 11.6. The van der Waals surface area contributed by atoms with Crippen molar-refractivity contribution in [2.75, 3.05) is 11.9 Å². The number of hydrogen-bond acceptors (Lipinski definition) is 4. The van der Waals surface area contributed by atoms with Gasteiger partial charge in [0.05, 0.1) is 24.0 Å². The van der Waals surface area contributed by atoms with Gasteiger partial charge in [-0.15, -0.1) is 0 Å². The number of Topliss-reactive ketones (excluding diaryl/α,β-unsaturated/α-hetero) is 1. The predicted octanol–water partition coefficient (Wildman–Crippen LogP) is 8.55. The van der Waals surface area contributed by atoms with E-state index in [1.165, 1.54) is 64.2 Å². The van der Waals surface area contributed by atoms with E-state index < -0.39 is 0 Å². The molecule has 6 heteroatoms. The number of ether oxygens (including phenoxy) is 1. The summed E-state index contributed by atoms with van der Waals surface area (Å²) in [5.41, 5.74) is 5.23. The molecule has 1 N–H and O–H groups in total. The number of para-hydroxylation sites is 1. The topological polar surface area (TPSA) is 59.3 Å². The Morgan fingerprint density at radius 1 is 0.875 bits per heavy atom. The third-order valence-corrected chi connectivity index (χ3v) is 7.85. The Morgan fingerprint density at radius 3 is 2.20 bits per heavy atom. The highest BCUT2D eigenvalue weighted by molar-refractivity contribution is 7.07. The van der Waals surface area contributed by atoms with Crippen LogP contribution in [0.5, 0.6) is 5.75 Å². The summed E-state index contributed by atoms with van der Waals surface area (Å²) in [5.74, 6) is 0.373. The molecule has 0 saturated heterocycles. The van der Waals surface area contributed by atoms with Crippen molar-refractivity contribution < 1.29 is 18.9 Å². The van der Waals surface area contributed by atoms with Crippen molar-refractivity contribution in [1.82, 2.24) is 0 Å². The summed E-state index contributed by atoms with van der Waals surface area (Å²) in [4.78, 5) is 25.3. The largest absolute Gasteiger partial charge is 0.493 e. The molecule has 0 aliphatic carbocycles. The maximum atomic E-state index is 13.0. The Bertz CT molecular complexity index is 1160. The average molecular weight is 564 g/mol. The minimum absolute atomic E-state index is 0.0504. The number of ketones is 1. The second-order valence-corrected chi connectivity index (χ2v) is 11.5. The Hall–Kier alpha value is -2.99. The van der Waals surface area contributed by atoms with Crippen molar-refractivity contribution in [3.05, 3.63) is 76.2 Å². The third-order valence-electron chi connectivity index (χ3n) is 7.17. The van der Waals surface area contributed by atoms with E-state index in [2.05, 4.69) is 28.4 Å². The van der Waals surface area contributed by atoms with Gasteiger partial charge in [-0.25, -0.2) is 0 Å². The number of carbonyl (C=O) groups is 2. The lowest BCUT2D eigenvalue weighted by atomic mass is 10.0. The zero-order chi connectivity index (χ0) is 28.4. The fourth-order valence-corrected chi connectivity index (χ4v) is 5.58. The van der Waals surface area contributed by atoms with Crippen LogP contribution >= 0.6 is 11.3 Å². The first-order valence-electron chi connectivity index (χ1n) is 15.1. The van der Waals surface area contributed by atoms with E-state index in [0.717, 1.165) is 36.2 Å². The average Bonchev–Trinajstić information content (AvgIpc) is 3.45. The van der Waals surface area contributed by atoms with Crippen molar-refractivity contribution in [2.45, 2.75) is 104 Å². The van der Waals surface area contributed by atoms with Gasteiger partial charge in [0.25, 0.3) is 0 Å². The molecule has 216 valence electrons. The van der Waals surface area contributed by atoms with E-state index in [-0.39, 0.29) is 18.1 Å². The first kappa shape index (κ1) is 31.5. The standard InChI is InChI=1S/C34H46N2O3S/c1-3-4-5-6-7-8-9-10-11-12-13-14-22-39-34-30(18-16-20-32(34)28(2)37)25-33(38)35-31-19-15-17-29(24-31)26-36-21-23-40-27-36/h15-21,23-24,27H,3-14,22,25-26H2,1-2H3/p+1. The number of aromatic nitrogens is 1. The van der Waals surface area contributed by atoms with Crippen LogP contribution in [0.25, 0.3) is 0 Å². The monoisotopic (exact) mass is 563 g/mol. The first-order valence-corrected chi connectivity index (χ1v) is 16.1. The van der Waals surface area contributed by atoms with Gasteiger partial charge in [0.2, 0.25) is 11.4 Å². The fraction of sp³-hybridized carbons (Fsp3) is 0.500. The molecule has 5 nitrogen and oxygen atoms in total. The van der Waals surface area contributed by atoms with E-state index >= 15 is 0 Å². The maximum absolute atomic E-state index is 13.0. The van der Waals surface area contributed by atoms with Crippen LogP contribution in [-0.2, 0) is 17.8 Å². The molecule has 3 aromatic rings. The Labute approximate surface area is 245 Å². The molecule has 1 amide bonds. The molecule has 0 fully saturated rings. The molecule has 3 rings (SSSR count). The lowest BCUT2D eigenvalue weighted by molar-refractivity contribution is -0.683. The summed E-state index contributed by atoms with van der Waals surface area (Å²) in [6.07, 6.45) is 17.6. The van der Waals surface area contributed by atoms with Gasteiger partial charge in [0, 0.05) is 16.8 Å². The Morgan fingerprint density at radius 2 is 1.55 bits per heavy atom. The van der Waals surface area contributed by atoms with Crippen molar-refractivity contribution in [3.8, 4) is 5.75 Å². The van der Waals surface area contributed by atoms with Crippen LogP contribution in [0.4, 0.5) is 5.69 Å². The lowest BCUT2D eigenvalue weighted by Gasteiger charge is -2.15. The molecule has 0 saturated carbocycles. The van der Waals surface area contributed by atoms with Crippen LogP contribution in [-0.4, -0.2) is 18.3 Å². The number of thiazole rings is 1. The SMILES string of the molecule is CCCCCCCCCCCCCCOc1c(CC(=O)Nc2cccc(C[n+]3ccsc3)c2)cccc1C(C)=O. The van der Waals surface area contributed by atoms with Crippen molar-refractivity contribution >= 4 is 28.7 Å². The van der Waals surface area contributed by atoms with E-state index in [1.807, 2.05) is 41.9 Å². The highest BCUT2D eigenvalue weighted by Crippen LogP contribution is 2.26. The van der Waals surface area contributed by atoms with Gasteiger partial charge < -0.3 is 10.1 Å². The Balaban J connectivity index is 1.44. The van der Waals surface area contributed by atoms with Gasteiger partial charge in [-0.2, -0.15) is 4.57 Å². The second kappa shape index (κ2) is 18.4. The van der Waals surface area contributed by atoms with Crippen LogP contribution in [0.1, 0.15) is 112 Å². The molecular formula is C34H47N2O3S+. The van der Waals surface area contributed by atoms with Crippen LogP contribution < -0.4 is 14.6 Å². The van der Waals surface area contributed by atoms with Gasteiger partial charge in [-0.05, 0) is 31.5 Å². The summed E-state index contributed by atoms with van der Waals surface area (Å²) in [7, 11) is 0. The molecule has 0 bridgehead atoms. The summed E-state index contributed by atoms with van der Waals surface area (Å²) in [5, 5.41) is 5.06. The van der Waals surface area contributed by atoms with Crippen LogP contribution in [0.3, 0.4) is 0 Å². The maximum Gasteiger partial charge on any atom is 0.228 e. The summed E-state index contributed by atoms with van der Waals surface area (Å²) >= 11 is 1.65. The highest BCUT2D eigenvalue weighted by Gasteiger charge is 2.16. The van der Waals surface area contributed by atoms with Gasteiger partial charge in [0.1, 0.15) is 5.75 Å². The quantitative estimate of drug-likeness (QED) is 0.0851. The van der Waals surface area contributed by atoms with Crippen LogP contribution in [0.2, 0.25) is 0 Å². The molecule has 1 aromatic heterocycles. The van der Waals surface area contributed by atoms with E-state index in [0.29, 0.717) is 17.9 Å². The number of amides is 1. The van der Waals surface area contributed by atoms with Crippen molar-refractivity contribution in [1.29, 1.82) is 0 Å². The van der Waals surface area contributed by atoms with E-state index in [4.69, 9.17) is 4.74 Å². The highest BCUT2D eigenvalue weighted by atomic mass is 32.1. The molecule has 40 heavy (non-hydrogen) atoms. The Kier molecular flexibility index (Phi) is 14.5. The molecule has 2 aromatic carbocycles. The number of carbonyl (C=O) groups excluding carboxylic acids is 2. The van der Waals surface area contributed by atoms with E-state index in [1.54, 1.807) is 24.3 Å². The molecule has 0 aliphatic rings. The number of hydrogen-bond donors (Lipinski definition) is 1. The summed E-state index contributed by atoms with van der Waals surface area (Å²) < 4.78 is 8.26. The summed E-state index contributed by atoms with van der Waals surface area (Å²) in [6, 6.07) is 13.4. The molecule has 0 unspecified atom stereocenters. The number of anilines is 1. The zero-order valence-electron chi connectivity index (χ0n) is 24.5. The molecule has 0 spiro atoms. The van der Waals surface area contributed by atoms with Crippen LogP contribution in [0, 0.1) is 0 Å². The number of rotatable bonds is 20. The van der Waals surface area contributed by atoms with Gasteiger partial charge in [-0.1, -0.05) is 113 Å². The van der Waals surface area contributed by atoms with Gasteiger partial charge in [-0.3, -0.25) is 9.59 Å².